The summed E-state index contributed by atoms with van der Waals surface area (Å²) in [5.41, 5.74) is 2.28. The van der Waals surface area contributed by atoms with Crippen LogP contribution in [-0.2, 0) is 0 Å². The Morgan fingerprint density at radius 2 is 2.32 bits per heavy atom. The molecule has 2 heterocycles. The zero-order chi connectivity index (χ0) is 13.4. The van der Waals surface area contributed by atoms with Crippen molar-refractivity contribution >= 4 is 33.5 Å². The molecule has 0 radical (unpaired) electrons. The minimum Gasteiger partial charge on any atom is -0.307 e. The number of hydrogen-bond donors (Lipinski definition) is 3. The summed E-state index contributed by atoms with van der Waals surface area (Å²) in [5.74, 6) is 5.83. The van der Waals surface area contributed by atoms with Gasteiger partial charge in [-0.15, -0.1) is 5.10 Å². The molecule has 10 heteroatoms. The smallest absolute Gasteiger partial charge is 0.307 e. The van der Waals surface area contributed by atoms with E-state index in [1.54, 1.807) is 4.57 Å². The van der Waals surface area contributed by atoms with Crippen molar-refractivity contribution in [1.82, 2.24) is 24.7 Å². The van der Waals surface area contributed by atoms with Crippen LogP contribution >= 0.6 is 27.7 Å². The highest BCUT2D eigenvalue weighted by atomic mass is 79.9. The van der Waals surface area contributed by atoms with Gasteiger partial charge in [0, 0.05) is 6.04 Å². The first kappa shape index (κ1) is 12.6. The number of nitrogen functional groups attached to an aromatic ring is 1. The summed E-state index contributed by atoms with van der Waals surface area (Å²) in [6, 6.07) is 0.251. The molecule has 100 valence electrons. The van der Waals surface area contributed by atoms with Gasteiger partial charge in [0.25, 0.3) is 0 Å². The highest BCUT2D eigenvalue weighted by Crippen LogP contribution is 2.39. The summed E-state index contributed by atoms with van der Waals surface area (Å²) in [5, 5.41) is 7.72. The van der Waals surface area contributed by atoms with Crippen molar-refractivity contribution in [2.45, 2.75) is 29.1 Å². The number of hydrazine groups is 1. The van der Waals surface area contributed by atoms with Gasteiger partial charge in [0.05, 0.1) is 4.47 Å². The molecule has 0 aliphatic heterocycles. The average Bonchev–Trinajstić information content (AvgIpc) is 3.17. The van der Waals surface area contributed by atoms with Crippen molar-refractivity contribution in [3.63, 3.8) is 0 Å². The van der Waals surface area contributed by atoms with E-state index in [1.807, 2.05) is 0 Å². The van der Waals surface area contributed by atoms with Gasteiger partial charge in [-0.3, -0.25) is 4.57 Å². The molecule has 0 saturated heterocycles. The molecule has 1 aliphatic carbocycles. The Kier molecular flexibility index (Phi) is 3.29. The van der Waals surface area contributed by atoms with Gasteiger partial charge < -0.3 is 5.43 Å². The fourth-order valence-corrected chi connectivity index (χ4v) is 3.07. The molecule has 4 N–H and O–H groups in total. The average molecular weight is 344 g/mol. The summed E-state index contributed by atoms with van der Waals surface area (Å²) in [6.45, 7) is 0. The first-order valence-electron chi connectivity index (χ1n) is 5.52. The number of rotatable bonds is 4. The van der Waals surface area contributed by atoms with Gasteiger partial charge in [-0.1, -0.05) is 0 Å². The maximum absolute atomic E-state index is 11.7. The largest absolute Gasteiger partial charge is 0.344 e. The first-order valence-corrected chi connectivity index (χ1v) is 7.13. The van der Waals surface area contributed by atoms with Crippen molar-refractivity contribution < 1.29 is 0 Å². The topological polar surface area (TPSA) is 115 Å². The van der Waals surface area contributed by atoms with Gasteiger partial charge in [-0.25, -0.2) is 25.7 Å². The van der Waals surface area contributed by atoms with E-state index in [-0.39, 0.29) is 11.7 Å². The Balaban J connectivity index is 1.95. The van der Waals surface area contributed by atoms with Crippen molar-refractivity contribution in [3.8, 4) is 0 Å². The summed E-state index contributed by atoms with van der Waals surface area (Å²) < 4.78 is 2.30. The molecule has 8 nitrogen and oxygen atoms in total. The standard InChI is InChI=1S/C9H10BrN7OS/c10-5-6(14-11)12-3-13-7(5)19-9-16-15-8(18)17(9)4-1-2-4/h3-4H,1-2,11H2,(H,15,18)(H,12,13,14). The number of H-pyrrole nitrogens is 1. The molecular formula is C9H10BrN7OS. The molecule has 1 saturated carbocycles. The van der Waals surface area contributed by atoms with Crippen molar-refractivity contribution in [1.29, 1.82) is 0 Å². The van der Waals surface area contributed by atoms with Crippen LogP contribution in [0.1, 0.15) is 18.9 Å². The van der Waals surface area contributed by atoms with Crippen LogP contribution in [0.2, 0.25) is 0 Å². The first-order chi connectivity index (χ1) is 9.20. The zero-order valence-corrected chi connectivity index (χ0v) is 12.0. The molecule has 3 rings (SSSR count). The quantitative estimate of drug-likeness (QED) is 0.429. The van der Waals surface area contributed by atoms with Crippen LogP contribution in [0.3, 0.4) is 0 Å². The summed E-state index contributed by atoms with van der Waals surface area (Å²) in [4.78, 5) is 19.8. The number of hydrogen-bond acceptors (Lipinski definition) is 7. The Morgan fingerprint density at radius 3 is 3.00 bits per heavy atom. The molecule has 1 aliphatic rings. The molecule has 0 aromatic carbocycles. The Bertz CT molecular complexity index is 665. The van der Waals surface area contributed by atoms with E-state index in [4.69, 9.17) is 5.84 Å². The van der Waals surface area contributed by atoms with Gasteiger partial charge in [-0.05, 0) is 40.5 Å². The lowest BCUT2D eigenvalue weighted by Crippen LogP contribution is -2.16. The van der Waals surface area contributed by atoms with Crippen LogP contribution in [-0.4, -0.2) is 24.7 Å². The van der Waals surface area contributed by atoms with E-state index in [9.17, 15) is 4.79 Å². The van der Waals surface area contributed by atoms with E-state index in [0.29, 0.717) is 20.5 Å². The highest BCUT2D eigenvalue weighted by Gasteiger charge is 2.29. The monoisotopic (exact) mass is 343 g/mol. The number of nitrogens with two attached hydrogens (primary N) is 1. The number of nitrogens with one attached hydrogen (secondary N) is 2. The second-order valence-electron chi connectivity index (χ2n) is 4.00. The predicted octanol–water partition coefficient (Wildman–Crippen LogP) is 0.896. The van der Waals surface area contributed by atoms with Crippen LogP contribution in [0.5, 0.6) is 0 Å². The summed E-state index contributed by atoms with van der Waals surface area (Å²) >= 11 is 4.66. The van der Waals surface area contributed by atoms with E-state index < -0.39 is 0 Å². The maximum Gasteiger partial charge on any atom is 0.344 e. The van der Waals surface area contributed by atoms with Crippen molar-refractivity contribution in [2.24, 2.45) is 5.84 Å². The fourth-order valence-electron chi connectivity index (χ4n) is 1.63. The maximum atomic E-state index is 11.7. The molecule has 0 atom stereocenters. The molecule has 2 aromatic rings. The van der Waals surface area contributed by atoms with Crippen LogP contribution < -0.4 is 17.0 Å². The lowest BCUT2D eigenvalue weighted by atomic mass is 10.6. The third-order valence-electron chi connectivity index (χ3n) is 2.67. The summed E-state index contributed by atoms with van der Waals surface area (Å²) in [6.07, 6.45) is 3.41. The van der Waals surface area contributed by atoms with Crippen LogP contribution in [0.4, 0.5) is 5.82 Å². The number of nitrogens with zero attached hydrogens (tertiary/aromatic N) is 4. The van der Waals surface area contributed by atoms with Gasteiger partial charge in [0.15, 0.2) is 11.0 Å². The third-order valence-corrected chi connectivity index (χ3v) is 4.65. The second-order valence-corrected chi connectivity index (χ2v) is 5.75. The Hall–Kier alpha value is -1.39. The van der Waals surface area contributed by atoms with Crippen LogP contribution in [0, 0.1) is 0 Å². The zero-order valence-electron chi connectivity index (χ0n) is 9.63. The minimum absolute atomic E-state index is 0.188. The number of aromatic nitrogens is 5. The van der Waals surface area contributed by atoms with E-state index in [2.05, 4.69) is 41.5 Å². The van der Waals surface area contributed by atoms with Crippen molar-refractivity contribution in [2.75, 3.05) is 5.43 Å². The minimum atomic E-state index is -0.188. The van der Waals surface area contributed by atoms with E-state index in [1.165, 1.54) is 18.1 Å². The molecule has 0 amide bonds. The number of aromatic amines is 1. The lowest BCUT2D eigenvalue weighted by Gasteiger charge is -2.06. The SMILES string of the molecule is NNc1ncnc(Sc2n[nH]c(=O)n2C2CC2)c1Br. The molecule has 0 unspecified atom stereocenters. The second kappa shape index (κ2) is 4.94. The van der Waals surface area contributed by atoms with Gasteiger partial charge in [0.2, 0.25) is 0 Å². The fraction of sp³-hybridized carbons (Fsp3) is 0.333. The van der Waals surface area contributed by atoms with Crippen LogP contribution in [0.25, 0.3) is 0 Å². The number of anilines is 1. The lowest BCUT2D eigenvalue weighted by molar-refractivity contribution is 0.642. The molecule has 0 bridgehead atoms. The summed E-state index contributed by atoms with van der Waals surface area (Å²) in [7, 11) is 0. The molecule has 19 heavy (non-hydrogen) atoms. The van der Waals surface area contributed by atoms with Gasteiger partial charge in [-0.2, -0.15) is 0 Å². The highest BCUT2D eigenvalue weighted by molar-refractivity contribution is 9.10. The Labute approximate surface area is 120 Å². The van der Waals surface area contributed by atoms with Gasteiger partial charge >= 0.3 is 5.69 Å². The molecular weight excluding hydrogens is 334 g/mol. The Morgan fingerprint density at radius 1 is 1.53 bits per heavy atom. The van der Waals surface area contributed by atoms with Gasteiger partial charge in [0.1, 0.15) is 11.4 Å². The predicted molar refractivity (Wildman–Crippen MR) is 72.8 cm³/mol. The third kappa shape index (κ3) is 2.38. The van der Waals surface area contributed by atoms with E-state index >= 15 is 0 Å². The normalized spacial score (nSPS) is 14.6. The number of halogens is 1. The van der Waals surface area contributed by atoms with E-state index in [0.717, 1.165) is 12.8 Å². The molecule has 2 aromatic heterocycles. The van der Waals surface area contributed by atoms with Crippen molar-refractivity contribution in [3.05, 3.63) is 21.3 Å². The molecule has 0 spiro atoms. The van der Waals surface area contributed by atoms with Crippen LogP contribution in [0.15, 0.2) is 25.8 Å². The molecule has 1 fully saturated rings.